The molecule has 100 valence electrons. The van der Waals surface area contributed by atoms with E-state index in [0.29, 0.717) is 5.56 Å². The summed E-state index contributed by atoms with van der Waals surface area (Å²) in [5.41, 5.74) is -0.347. The lowest BCUT2D eigenvalue weighted by molar-refractivity contribution is -0.384. The van der Waals surface area contributed by atoms with Crippen LogP contribution in [0.3, 0.4) is 0 Å². The van der Waals surface area contributed by atoms with Gasteiger partial charge < -0.3 is 10.6 Å². The van der Waals surface area contributed by atoms with Gasteiger partial charge in [-0.2, -0.15) is 0 Å². The zero-order chi connectivity index (χ0) is 14.6. The molecule has 0 fully saturated rings. The number of carbonyl (C=O) groups is 1. The molecular weight excluding hydrogens is 246 g/mol. The molecule has 0 bridgehead atoms. The highest BCUT2D eigenvalue weighted by Crippen LogP contribution is 2.28. The molecule has 0 spiro atoms. The number of terminal acetylenes is 1. The van der Waals surface area contributed by atoms with Crippen LogP contribution in [0.4, 0.5) is 11.4 Å². The average Bonchev–Trinajstić information content (AvgIpc) is 2.37. The molecule has 0 saturated carbocycles. The lowest BCUT2D eigenvalue weighted by atomic mass is 10.1. The van der Waals surface area contributed by atoms with Gasteiger partial charge in [-0.05, 0) is 26.0 Å². The second-order valence-electron chi connectivity index (χ2n) is 4.46. The van der Waals surface area contributed by atoms with Crippen molar-refractivity contribution in [3.8, 4) is 12.3 Å². The van der Waals surface area contributed by atoms with Crippen LogP contribution in [0, 0.1) is 22.5 Å². The Balaban J connectivity index is 3.28. The summed E-state index contributed by atoms with van der Waals surface area (Å²) in [5, 5.41) is 16.3. The van der Waals surface area contributed by atoms with E-state index in [4.69, 9.17) is 6.42 Å². The van der Waals surface area contributed by atoms with Crippen LogP contribution < -0.4 is 10.6 Å². The minimum Gasteiger partial charge on any atom is -0.364 e. The number of nitro groups is 1. The van der Waals surface area contributed by atoms with Gasteiger partial charge in [-0.15, -0.1) is 6.42 Å². The van der Waals surface area contributed by atoms with Gasteiger partial charge in [0.2, 0.25) is 0 Å². The first kappa shape index (κ1) is 14.5. The van der Waals surface area contributed by atoms with Crippen molar-refractivity contribution in [3.63, 3.8) is 0 Å². The van der Waals surface area contributed by atoms with Crippen molar-refractivity contribution in [2.24, 2.45) is 0 Å². The van der Waals surface area contributed by atoms with E-state index in [1.54, 1.807) is 13.8 Å². The van der Waals surface area contributed by atoms with Crippen molar-refractivity contribution in [2.45, 2.75) is 19.4 Å². The van der Waals surface area contributed by atoms with Gasteiger partial charge in [0.15, 0.2) is 0 Å². The van der Waals surface area contributed by atoms with Gasteiger partial charge >= 0.3 is 0 Å². The minimum atomic E-state index is -0.758. The first-order valence-electron chi connectivity index (χ1n) is 5.57. The fourth-order valence-corrected chi connectivity index (χ4v) is 1.45. The number of hydrogen-bond acceptors (Lipinski definition) is 4. The van der Waals surface area contributed by atoms with Crippen molar-refractivity contribution >= 4 is 17.3 Å². The zero-order valence-electron chi connectivity index (χ0n) is 11.0. The number of nitrogens with one attached hydrogen (secondary N) is 2. The molecule has 0 radical (unpaired) electrons. The van der Waals surface area contributed by atoms with Crippen LogP contribution in [0.2, 0.25) is 0 Å². The smallest absolute Gasteiger partial charge is 0.292 e. The van der Waals surface area contributed by atoms with Crippen molar-refractivity contribution in [3.05, 3.63) is 33.9 Å². The van der Waals surface area contributed by atoms with E-state index in [9.17, 15) is 14.9 Å². The molecule has 2 N–H and O–H groups in total. The summed E-state index contributed by atoms with van der Waals surface area (Å²) in [4.78, 5) is 22.0. The summed E-state index contributed by atoms with van der Waals surface area (Å²) < 4.78 is 0. The molecule has 6 heteroatoms. The van der Waals surface area contributed by atoms with Crippen LogP contribution in [-0.2, 0) is 0 Å². The number of carbonyl (C=O) groups excluding carboxylic acids is 1. The van der Waals surface area contributed by atoms with Gasteiger partial charge in [0.1, 0.15) is 5.69 Å². The predicted molar refractivity (Wildman–Crippen MR) is 73.0 cm³/mol. The van der Waals surface area contributed by atoms with E-state index < -0.39 is 10.5 Å². The maximum absolute atomic E-state index is 11.5. The molecule has 6 nitrogen and oxygen atoms in total. The maximum Gasteiger partial charge on any atom is 0.292 e. The largest absolute Gasteiger partial charge is 0.364 e. The average molecular weight is 261 g/mol. The van der Waals surface area contributed by atoms with E-state index in [1.807, 2.05) is 0 Å². The van der Waals surface area contributed by atoms with Gasteiger partial charge in [0, 0.05) is 18.7 Å². The summed E-state index contributed by atoms with van der Waals surface area (Å²) in [5.74, 6) is 2.16. The van der Waals surface area contributed by atoms with Gasteiger partial charge in [-0.1, -0.05) is 5.92 Å². The lowest BCUT2D eigenvalue weighted by Gasteiger charge is -2.21. The monoisotopic (exact) mass is 261 g/mol. The standard InChI is InChI=1S/C13H15N3O3/c1-5-13(2,3)15-10-8-9(12(17)14-4)6-7-11(10)16(18)19/h1,6-8,15H,2-4H3,(H,14,17). The van der Waals surface area contributed by atoms with Crippen LogP contribution >= 0.6 is 0 Å². The highest BCUT2D eigenvalue weighted by Gasteiger charge is 2.21. The van der Waals surface area contributed by atoms with Gasteiger partial charge in [0.25, 0.3) is 11.6 Å². The third-order valence-electron chi connectivity index (χ3n) is 2.49. The Morgan fingerprint density at radius 1 is 1.47 bits per heavy atom. The topological polar surface area (TPSA) is 84.3 Å². The number of nitro benzene ring substituents is 1. The first-order valence-corrected chi connectivity index (χ1v) is 5.57. The highest BCUT2D eigenvalue weighted by molar-refractivity contribution is 5.95. The number of anilines is 1. The second kappa shape index (κ2) is 5.40. The Bertz CT molecular complexity index is 559. The molecule has 0 aliphatic heterocycles. The molecule has 0 saturated heterocycles. The third kappa shape index (κ3) is 3.45. The molecular formula is C13H15N3O3. The van der Waals surface area contributed by atoms with Gasteiger partial charge in [-0.25, -0.2) is 0 Å². The number of hydrogen-bond donors (Lipinski definition) is 2. The molecule has 0 atom stereocenters. The van der Waals surface area contributed by atoms with Gasteiger partial charge in [-0.3, -0.25) is 14.9 Å². The molecule has 1 rings (SSSR count). The fraction of sp³-hybridized carbons (Fsp3) is 0.308. The van der Waals surface area contributed by atoms with E-state index in [2.05, 4.69) is 16.6 Å². The Morgan fingerprint density at radius 2 is 2.11 bits per heavy atom. The Kier molecular flexibility index (Phi) is 4.12. The van der Waals surface area contributed by atoms with Crippen LogP contribution in [0.1, 0.15) is 24.2 Å². The Hall–Kier alpha value is -2.55. The van der Waals surface area contributed by atoms with Crippen LogP contribution in [-0.4, -0.2) is 23.4 Å². The fourth-order valence-electron chi connectivity index (χ4n) is 1.45. The normalized spacial score (nSPS) is 10.4. The number of benzene rings is 1. The van der Waals surface area contributed by atoms with Crippen LogP contribution in [0.5, 0.6) is 0 Å². The third-order valence-corrected chi connectivity index (χ3v) is 2.49. The highest BCUT2D eigenvalue weighted by atomic mass is 16.6. The van der Waals surface area contributed by atoms with E-state index >= 15 is 0 Å². The summed E-state index contributed by atoms with van der Waals surface area (Å²) in [7, 11) is 1.49. The molecule has 0 aliphatic carbocycles. The molecule has 1 amide bonds. The summed E-state index contributed by atoms with van der Waals surface area (Å²) in [6.07, 6.45) is 5.34. The summed E-state index contributed by atoms with van der Waals surface area (Å²) in [6, 6.07) is 4.08. The predicted octanol–water partition coefficient (Wildman–Crippen LogP) is 1.78. The number of rotatable bonds is 4. The maximum atomic E-state index is 11.5. The van der Waals surface area contributed by atoms with Gasteiger partial charge in [0.05, 0.1) is 10.5 Å². The molecule has 1 aromatic carbocycles. The van der Waals surface area contributed by atoms with E-state index in [1.165, 1.54) is 25.2 Å². The van der Waals surface area contributed by atoms with Crippen molar-refractivity contribution in [1.82, 2.24) is 5.32 Å². The van der Waals surface area contributed by atoms with Crippen LogP contribution in [0.25, 0.3) is 0 Å². The van der Waals surface area contributed by atoms with Crippen molar-refractivity contribution in [2.75, 3.05) is 12.4 Å². The Morgan fingerprint density at radius 3 is 2.58 bits per heavy atom. The van der Waals surface area contributed by atoms with Crippen molar-refractivity contribution < 1.29 is 9.72 Å². The van der Waals surface area contributed by atoms with Crippen LogP contribution in [0.15, 0.2) is 18.2 Å². The molecule has 0 heterocycles. The second-order valence-corrected chi connectivity index (χ2v) is 4.46. The van der Waals surface area contributed by atoms with Crippen molar-refractivity contribution in [1.29, 1.82) is 0 Å². The van der Waals surface area contributed by atoms with E-state index in [-0.39, 0.29) is 17.3 Å². The summed E-state index contributed by atoms with van der Waals surface area (Å²) in [6.45, 7) is 3.42. The molecule has 0 unspecified atom stereocenters. The quantitative estimate of drug-likeness (QED) is 0.491. The molecule has 19 heavy (non-hydrogen) atoms. The number of nitrogens with zero attached hydrogens (tertiary/aromatic N) is 1. The number of amides is 1. The molecule has 1 aromatic rings. The Labute approximate surface area is 111 Å². The SMILES string of the molecule is C#CC(C)(C)Nc1cc(C(=O)NC)ccc1[N+](=O)[O-]. The lowest BCUT2D eigenvalue weighted by Crippen LogP contribution is -2.29. The summed E-state index contributed by atoms with van der Waals surface area (Å²) >= 11 is 0. The minimum absolute atomic E-state index is 0.129. The first-order chi connectivity index (χ1) is 8.80. The molecule has 0 aromatic heterocycles. The van der Waals surface area contributed by atoms with E-state index in [0.717, 1.165) is 0 Å². The zero-order valence-corrected chi connectivity index (χ0v) is 11.0. The molecule has 0 aliphatic rings.